The number of nitrogens with one attached hydrogen (secondary N) is 1. The van der Waals surface area contributed by atoms with Crippen molar-refractivity contribution in [1.82, 2.24) is 10.2 Å². The lowest BCUT2D eigenvalue weighted by atomic mass is 9.98. The predicted octanol–water partition coefficient (Wildman–Crippen LogP) is 0.345. The second-order valence-electron chi connectivity index (χ2n) is 4.49. The molecule has 1 rings (SSSR count). The van der Waals surface area contributed by atoms with Crippen LogP contribution in [0, 0.1) is 11.3 Å². The van der Waals surface area contributed by atoms with Crippen molar-refractivity contribution in [1.29, 1.82) is 5.26 Å². The maximum Gasteiger partial charge on any atom is 0.303 e. The summed E-state index contributed by atoms with van der Waals surface area (Å²) in [5.74, 6) is -0.965. The van der Waals surface area contributed by atoms with Gasteiger partial charge in [-0.1, -0.05) is 6.42 Å². The van der Waals surface area contributed by atoms with Crippen LogP contribution in [0.2, 0.25) is 0 Å². The van der Waals surface area contributed by atoms with Gasteiger partial charge in [0.15, 0.2) is 0 Å². The maximum absolute atomic E-state index is 11.5. The average molecular weight is 253 g/mol. The third-order valence-corrected chi connectivity index (χ3v) is 3.15. The number of aliphatic carboxylic acids is 1. The van der Waals surface area contributed by atoms with Crippen molar-refractivity contribution >= 4 is 11.9 Å². The minimum atomic E-state index is -0.797. The summed E-state index contributed by atoms with van der Waals surface area (Å²) in [6.45, 7) is 1.10. The lowest BCUT2D eigenvalue weighted by Gasteiger charge is -2.34. The van der Waals surface area contributed by atoms with Crippen LogP contribution in [0.4, 0.5) is 0 Å². The number of nitriles is 1. The molecule has 18 heavy (non-hydrogen) atoms. The summed E-state index contributed by atoms with van der Waals surface area (Å²) >= 11 is 0. The molecule has 1 unspecified atom stereocenters. The highest BCUT2D eigenvalue weighted by Crippen LogP contribution is 2.20. The van der Waals surface area contributed by atoms with Crippen molar-refractivity contribution in [3.63, 3.8) is 0 Å². The van der Waals surface area contributed by atoms with E-state index in [1.54, 1.807) is 0 Å². The molecular weight excluding hydrogens is 234 g/mol. The summed E-state index contributed by atoms with van der Waals surface area (Å²) in [4.78, 5) is 24.1. The number of hydrogen-bond donors (Lipinski definition) is 2. The predicted molar refractivity (Wildman–Crippen MR) is 64.7 cm³/mol. The van der Waals surface area contributed by atoms with E-state index in [1.165, 1.54) is 0 Å². The van der Waals surface area contributed by atoms with Gasteiger partial charge in [-0.2, -0.15) is 5.26 Å². The molecule has 0 bridgehead atoms. The molecule has 2 N–H and O–H groups in total. The van der Waals surface area contributed by atoms with Gasteiger partial charge < -0.3 is 10.4 Å². The van der Waals surface area contributed by atoms with Gasteiger partial charge in [0.2, 0.25) is 5.91 Å². The molecule has 0 radical (unpaired) electrons. The molecule has 1 aliphatic heterocycles. The number of carbonyl (C=O) groups excluding carboxylic acids is 1. The van der Waals surface area contributed by atoms with E-state index < -0.39 is 5.97 Å². The number of carboxylic acid groups (broad SMARTS) is 1. The molecule has 0 saturated carbocycles. The normalized spacial score (nSPS) is 20.1. The van der Waals surface area contributed by atoms with Crippen molar-refractivity contribution in [3.8, 4) is 6.07 Å². The number of hydrogen-bond acceptors (Lipinski definition) is 4. The first-order valence-electron chi connectivity index (χ1n) is 6.23. The lowest BCUT2D eigenvalue weighted by Crippen LogP contribution is -2.45. The smallest absolute Gasteiger partial charge is 0.303 e. The van der Waals surface area contributed by atoms with Gasteiger partial charge in [0.05, 0.1) is 12.6 Å². The molecule has 1 fully saturated rings. The lowest BCUT2D eigenvalue weighted by molar-refractivity contribution is -0.137. The number of piperidine rings is 1. The van der Waals surface area contributed by atoms with Crippen molar-refractivity contribution in [2.24, 2.45) is 0 Å². The van der Waals surface area contributed by atoms with Gasteiger partial charge >= 0.3 is 5.97 Å². The number of carboxylic acids is 1. The SMILES string of the molecule is N#CCNC(=O)CN1CCCCC1CCC(=O)O. The molecule has 1 aliphatic rings. The number of likely N-dealkylation sites (tertiary alicyclic amines) is 1. The molecule has 0 aromatic heterocycles. The fourth-order valence-electron chi connectivity index (χ4n) is 2.26. The Kier molecular flexibility index (Phi) is 6.15. The second kappa shape index (κ2) is 7.67. The first kappa shape index (κ1) is 14.5. The minimum absolute atomic E-state index is 0.0203. The van der Waals surface area contributed by atoms with Gasteiger partial charge in [0.25, 0.3) is 0 Å². The summed E-state index contributed by atoms with van der Waals surface area (Å²) < 4.78 is 0. The average Bonchev–Trinajstić information content (AvgIpc) is 2.35. The van der Waals surface area contributed by atoms with E-state index in [4.69, 9.17) is 10.4 Å². The Morgan fingerprint density at radius 2 is 2.22 bits per heavy atom. The van der Waals surface area contributed by atoms with E-state index in [2.05, 4.69) is 5.32 Å². The van der Waals surface area contributed by atoms with E-state index in [9.17, 15) is 9.59 Å². The van der Waals surface area contributed by atoms with Crippen LogP contribution in [-0.4, -0.2) is 47.6 Å². The zero-order valence-electron chi connectivity index (χ0n) is 10.4. The van der Waals surface area contributed by atoms with Crippen LogP contribution in [0.3, 0.4) is 0 Å². The number of rotatable bonds is 6. The highest BCUT2D eigenvalue weighted by Gasteiger charge is 2.24. The van der Waals surface area contributed by atoms with E-state index in [0.29, 0.717) is 6.42 Å². The number of carbonyl (C=O) groups is 2. The van der Waals surface area contributed by atoms with E-state index in [-0.39, 0.29) is 31.5 Å². The first-order valence-corrected chi connectivity index (χ1v) is 6.23. The van der Waals surface area contributed by atoms with Gasteiger partial charge in [-0.05, 0) is 25.8 Å². The molecule has 0 spiro atoms. The van der Waals surface area contributed by atoms with Crippen LogP contribution in [0.15, 0.2) is 0 Å². The molecule has 0 aliphatic carbocycles. The van der Waals surface area contributed by atoms with Crippen LogP contribution < -0.4 is 5.32 Å². The largest absolute Gasteiger partial charge is 0.481 e. The molecule has 0 aromatic carbocycles. The third-order valence-electron chi connectivity index (χ3n) is 3.15. The minimum Gasteiger partial charge on any atom is -0.481 e. The quantitative estimate of drug-likeness (QED) is 0.666. The number of amides is 1. The molecule has 1 atom stereocenters. The van der Waals surface area contributed by atoms with Gasteiger partial charge in [0.1, 0.15) is 6.54 Å². The van der Waals surface area contributed by atoms with Crippen LogP contribution in [0.5, 0.6) is 0 Å². The summed E-state index contributed by atoms with van der Waals surface area (Å²) in [5, 5.41) is 19.6. The molecule has 100 valence electrons. The third kappa shape index (κ3) is 5.15. The Morgan fingerprint density at radius 3 is 2.89 bits per heavy atom. The molecule has 1 amide bonds. The fraction of sp³-hybridized carbons (Fsp3) is 0.750. The Bertz CT molecular complexity index is 338. The van der Waals surface area contributed by atoms with Crippen molar-refractivity contribution < 1.29 is 14.7 Å². The Labute approximate surface area is 107 Å². The summed E-state index contributed by atoms with van der Waals surface area (Å²) in [6, 6.07) is 2.03. The van der Waals surface area contributed by atoms with Crippen molar-refractivity contribution in [2.75, 3.05) is 19.6 Å². The van der Waals surface area contributed by atoms with Crippen LogP contribution in [-0.2, 0) is 9.59 Å². The Hall–Kier alpha value is -1.61. The summed E-state index contributed by atoms with van der Waals surface area (Å²) in [6.07, 6.45) is 3.79. The van der Waals surface area contributed by atoms with Crippen molar-refractivity contribution in [3.05, 3.63) is 0 Å². The van der Waals surface area contributed by atoms with Gasteiger partial charge in [-0.25, -0.2) is 0 Å². The molecule has 0 aromatic rings. The van der Waals surface area contributed by atoms with Crippen LogP contribution in [0.1, 0.15) is 32.1 Å². The highest BCUT2D eigenvalue weighted by molar-refractivity contribution is 5.78. The topological polar surface area (TPSA) is 93.4 Å². The molecule has 6 heteroatoms. The van der Waals surface area contributed by atoms with Crippen molar-refractivity contribution in [2.45, 2.75) is 38.1 Å². The standard InChI is InChI=1S/C12H19N3O3/c13-6-7-14-11(16)9-15-8-2-1-3-10(15)4-5-12(17)18/h10H,1-5,7-9H2,(H,14,16)(H,17,18). The van der Waals surface area contributed by atoms with Crippen LogP contribution in [0.25, 0.3) is 0 Å². The molecular formula is C12H19N3O3. The highest BCUT2D eigenvalue weighted by atomic mass is 16.4. The van der Waals surface area contributed by atoms with Crippen LogP contribution >= 0.6 is 0 Å². The van der Waals surface area contributed by atoms with E-state index in [1.807, 2.05) is 11.0 Å². The molecule has 1 heterocycles. The second-order valence-corrected chi connectivity index (χ2v) is 4.49. The van der Waals surface area contributed by atoms with Gasteiger partial charge in [-0.15, -0.1) is 0 Å². The van der Waals surface area contributed by atoms with Gasteiger partial charge in [-0.3, -0.25) is 14.5 Å². The maximum atomic E-state index is 11.5. The zero-order valence-corrected chi connectivity index (χ0v) is 10.4. The summed E-state index contributed by atoms with van der Waals surface area (Å²) in [7, 11) is 0. The van der Waals surface area contributed by atoms with Gasteiger partial charge in [0, 0.05) is 12.5 Å². The zero-order chi connectivity index (χ0) is 13.4. The molecule has 1 saturated heterocycles. The van der Waals surface area contributed by atoms with E-state index >= 15 is 0 Å². The Balaban J connectivity index is 2.41. The molecule has 6 nitrogen and oxygen atoms in total. The monoisotopic (exact) mass is 253 g/mol. The fourth-order valence-corrected chi connectivity index (χ4v) is 2.26. The number of nitrogens with zero attached hydrogens (tertiary/aromatic N) is 2. The first-order chi connectivity index (χ1) is 8.63. The van der Waals surface area contributed by atoms with E-state index in [0.717, 1.165) is 25.8 Å². The Morgan fingerprint density at radius 1 is 1.44 bits per heavy atom. The summed E-state index contributed by atoms with van der Waals surface area (Å²) in [5.41, 5.74) is 0.